The first kappa shape index (κ1) is 13.8. The van der Waals surface area contributed by atoms with Gasteiger partial charge in [0.15, 0.2) is 0 Å². The van der Waals surface area contributed by atoms with Crippen molar-refractivity contribution in [1.82, 2.24) is 9.88 Å². The normalized spacial score (nSPS) is 22.3. The Morgan fingerprint density at radius 2 is 2.32 bits per heavy atom. The first-order valence-corrected chi connectivity index (χ1v) is 6.75. The molecule has 0 aliphatic heterocycles. The minimum atomic E-state index is -0.0822. The molecule has 5 nitrogen and oxygen atoms in total. The van der Waals surface area contributed by atoms with E-state index in [0.29, 0.717) is 17.7 Å². The number of anilines is 1. The molecule has 0 bridgehead atoms. The van der Waals surface area contributed by atoms with E-state index in [0.717, 1.165) is 18.7 Å². The molecule has 2 atom stereocenters. The Labute approximate surface area is 114 Å². The largest absolute Gasteiger partial charge is 0.385 e. The van der Waals surface area contributed by atoms with Crippen LogP contribution in [0.4, 0.5) is 5.69 Å². The molecule has 0 radical (unpaired) electrons. The minimum absolute atomic E-state index is 0.0822. The lowest BCUT2D eigenvalue weighted by molar-refractivity contribution is 0.0822. The lowest BCUT2D eigenvalue weighted by Crippen LogP contribution is -2.29. The third-order valence-corrected chi connectivity index (χ3v) is 3.67. The van der Waals surface area contributed by atoms with E-state index in [1.165, 1.54) is 17.7 Å². The monoisotopic (exact) mass is 262 g/mol. The fourth-order valence-electron chi connectivity index (χ4n) is 2.45. The summed E-state index contributed by atoms with van der Waals surface area (Å²) in [6.45, 7) is 0.862. The molecule has 0 saturated heterocycles. The summed E-state index contributed by atoms with van der Waals surface area (Å²) in [5.74, 6) is 0.447. The maximum absolute atomic E-state index is 11.8. The molecule has 1 saturated carbocycles. The molecule has 1 aromatic heterocycles. The van der Waals surface area contributed by atoms with E-state index in [2.05, 4.69) is 10.3 Å². The minimum Gasteiger partial charge on any atom is -0.385 e. The van der Waals surface area contributed by atoms with E-state index in [9.17, 15) is 4.79 Å². The standard InChI is InChI=1S/C14H22N4O/c1-18(2)14(19)13-8-11(6-7-16-13)17-9-10-4-3-5-12(10)15/h6-8,10,12H,3-5,9,15H2,1-2H3,(H,16,17). The molecule has 2 unspecified atom stereocenters. The van der Waals surface area contributed by atoms with Crippen LogP contribution in [-0.4, -0.2) is 42.5 Å². The molecule has 1 aromatic rings. The predicted octanol–water partition coefficient (Wildman–Crippen LogP) is 1.32. The van der Waals surface area contributed by atoms with Gasteiger partial charge in [-0.2, -0.15) is 0 Å². The van der Waals surface area contributed by atoms with Gasteiger partial charge in [0.25, 0.3) is 5.91 Å². The third-order valence-electron chi connectivity index (χ3n) is 3.67. The highest BCUT2D eigenvalue weighted by Crippen LogP contribution is 2.24. The van der Waals surface area contributed by atoms with Crippen molar-refractivity contribution < 1.29 is 4.79 Å². The summed E-state index contributed by atoms with van der Waals surface area (Å²) in [7, 11) is 3.45. The molecule has 0 aromatic carbocycles. The third kappa shape index (κ3) is 3.44. The molecule has 1 amide bonds. The molecule has 1 heterocycles. The van der Waals surface area contributed by atoms with Crippen LogP contribution in [0.3, 0.4) is 0 Å². The number of carbonyl (C=O) groups excluding carboxylic acids is 1. The Morgan fingerprint density at radius 1 is 1.53 bits per heavy atom. The van der Waals surface area contributed by atoms with E-state index in [1.54, 1.807) is 26.4 Å². The maximum atomic E-state index is 11.8. The van der Waals surface area contributed by atoms with Crippen LogP contribution >= 0.6 is 0 Å². The maximum Gasteiger partial charge on any atom is 0.272 e. The summed E-state index contributed by atoms with van der Waals surface area (Å²) in [5, 5.41) is 3.36. The van der Waals surface area contributed by atoms with Crippen LogP contribution < -0.4 is 11.1 Å². The molecular weight excluding hydrogens is 240 g/mol. The Kier molecular flexibility index (Phi) is 4.37. The lowest BCUT2D eigenvalue weighted by atomic mass is 10.0. The summed E-state index contributed by atoms with van der Waals surface area (Å²) < 4.78 is 0. The summed E-state index contributed by atoms with van der Waals surface area (Å²) in [5.41, 5.74) is 7.44. The van der Waals surface area contributed by atoms with Crippen LogP contribution in [-0.2, 0) is 0 Å². The first-order chi connectivity index (χ1) is 9.08. The van der Waals surface area contributed by atoms with Gasteiger partial charge in [0, 0.05) is 38.6 Å². The van der Waals surface area contributed by atoms with E-state index in [1.807, 2.05) is 6.07 Å². The van der Waals surface area contributed by atoms with E-state index in [4.69, 9.17) is 5.73 Å². The molecule has 1 fully saturated rings. The number of carbonyl (C=O) groups is 1. The van der Waals surface area contributed by atoms with Gasteiger partial charge in [-0.05, 0) is 30.9 Å². The predicted molar refractivity (Wildman–Crippen MR) is 76.1 cm³/mol. The molecule has 2 rings (SSSR count). The molecule has 1 aliphatic carbocycles. The van der Waals surface area contributed by atoms with Crippen molar-refractivity contribution >= 4 is 11.6 Å². The number of nitrogens with one attached hydrogen (secondary N) is 1. The highest BCUT2D eigenvalue weighted by molar-refractivity contribution is 5.92. The van der Waals surface area contributed by atoms with Gasteiger partial charge in [0.1, 0.15) is 5.69 Å². The molecule has 104 valence electrons. The zero-order valence-corrected chi connectivity index (χ0v) is 11.6. The van der Waals surface area contributed by atoms with Crippen LogP contribution in [0, 0.1) is 5.92 Å². The van der Waals surface area contributed by atoms with Crippen molar-refractivity contribution in [3.8, 4) is 0 Å². The summed E-state index contributed by atoms with van der Waals surface area (Å²) in [6, 6.07) is 3.98. The lowest BCUT2D eigenvalue weighted by Gasteiger charge is -2.17. The fraction of sp³-hybridized carbons (Fsp3) is 0.571. The Bertz CT molecular complexity index is 447. The smallest absolute Gasteiger partial charge is 0.272 e. The van der Waals surface area contributed by atoms with Gasteiger partial charge in [-0.3, -0.25) is 9.78 Å². The number of hydrogen-bond acceptors (Lipinski definition) is 4. The van der Waals surface area contributed by atoms with Gasteiger partial charge in [-0.25, -0.2) is 0 Å². The molecule has 1 aliphatic rings. The van der Waals surface area contributed by atoms with E-state index < -0.39 is 0 Å². The average molecular weight is 262 g/mol. The number of aromatic nitrogens is 1. The van der Waals surface area contributed by atoms with Gasteiger partial charge in [-0.1, -0.05) is 6.42 Å². The Hall–Kier alpha value is -1.62. The van der Waals surface area contributed by atoms with Gasteiger partial charge in [-0.15, -0.1) is 0 Å². The number of nitrogens with zero attached hydrogens (tertiary/aromatic N) is 2. The highest BCUT2D eigenvalue weighted by atomic mass is 16.2. The molecule has 19 heavy (non-hydrogen) atoms. The number of pyridine rings is 1. The number of rotatable bonds is 4. The van der Waals surface area contributed by atoms with Crippen LogP contribution in [0.1, 0.15) is 29.8 Å². The second-order valence-corrected chi connectivity index (χ2v) is 5.37. The van der Waals surface area contributed by atoms with Crippen molar-refractivity contribution in [3.05, 3.63) is 24.0 Å². The van der Waals surface area contributed by atoms with Crippen molar-refractivity contribution in [1.29, 1.82) is 0 Å². The Morgan fingerprint density at radius 3 is 2.95 bits per heavy atom. The number of hydrogen-bond donors (Lipinski definition) is 2. The summed E-state index contributed by atoms with van der Waals surface area (Å²) >= 11 is 0. The van der Waals surface area contributed by atoms with E-state index >= 15 is 0 Å². The first-order valence-electron chi connectivity index (χ1n) is 6.75. The summed E-state index contributed by atoms with van der Waals surface area (Å²) in [6.07, 6.45) is 5.18. The van der Waals surface area contributed by atoms with Crippen molar-refractivity contribution in [2.45, 2.75) is 25.3 Å². The van der Waals surface area contributed by atoms with Gasteiger partial charge < -0.3 is 16.0 Å². The second kappa shape index (κ2) is 6.02. The Balaban J connectivity index is 1.97. The van der Waals surface area contributed by atoms with Gasteiger partial charge in [0.05, 0.1) is 0 Å². The SMILES string of the molecule is CN(C)C(=O)c1cc(NCC2CCCC2N)ccn1. The molecule has 0 spiro atoms. The van der Waals surface area contributed by atoms with Crippen LogP contribution in [0.5, 0.6) is 0 Å². The van der Waals surface area contributed by atoms with Crippen LogP contribution in [0.25, 0.3) is 0 Å². The number of nitrogens with two attached hydrogens (primary N) is 1. The topological polar surface area (TPSA) is 71.2 Å². The van der Waals surface area contributed by atoms with Gasteiger partial charge >= 0.3 is 0 Å². The fourth-order valence-corrected chi connectivity index (χ4v) is 2.45. The molecular formula is C14H22N4O. The highest BCUT2D eigenvalue weighted by Gasteiger charge is 2.23. The quantitative estimate of drug-likeness (QED) is 0.858. The second-order valence-electron chi connectivity index (χ2n) is 5.37. The van der Waals surface area contributed by atoms with Crippen molar-refractivity contribution in [3.63, 3.8) is 0 Å². The molecule has 3 N–H and O–H groups in total. The average Bonchev–Trinajstić information content (AvgIpc) is 2.81. The number of amides is 1. The van der Waals surface area contributed by atoms with Crippen molar-refractivity contribution in [2.75, 3.05) is 26.0 Å². The van der Waals surface area contributed by atoms with Crippen LogP contribution in [0.15, 0.2) is 18.3 Å². The van der Waals surface area contributed by atoms with Crippen LogP contribution in [0.2, 0.25) is 0 Å². The van der Waals surface area contributed by atoms with Crippen molar-refractivity contribution in [2.24, 2.45) is 11.7 Å². The van der Waals surface area contributed by atoms with Gasteiger partial charge in [0.2, 0.25) is 0 Å². The zero-order chi connectivity index (χ0) is 13.8. The van der Waals surface area contributed by atoms with E-state index in [-0.39, 0.29) is 5.91 Å². The molecule has 5 heteroatoms. The summed E-state index contributed by atoms with van der Waals surface area (Å²) in [4.78, 5) is 17.5. The zero-order valence-electron chi connectivity index (χ0n) is 11.6.